The Morgan fingerprint density at radius 3 is 2.67 bits per heavy atom. The van der Waals surface area contributed by atoms with Gasteiger partial charge < -0.3 is 19.6 Å². The molecule has 0 unspecified atom stereocenters. The molecule has 21 heavy (non-hydrogen) atoms. The quantitative estimate of drug-likeness (QED) is 0.817. The molecule has 0 bridgehead atoms. The topological polar surface area (TPSA) is 37.1 Å². The van der Waals surface area contributed by atoms with Gasteiger partial charge in [0, 0.05) is 10.7 Å². The van der Waals surface area contributed by atoms with Crippen LogP contribution in [0.1, 0.15) is 13.8 Å². The Morgan fingerprint density at radius 1 is 1.33 bits per heavy atom. The van der Waals surface area contributed by atoms with Crippen LogP contribution in [0.4, 0.5) is 5.69 Å². The molecule has 5 heteroatoms. The lowest BCUT2D eigenvalue weighted by molar-refractivity contribution is -0.903. The van der Waals surface area contributed by atoms with Crippen molar-refractivity contribution in [2.75, 3.05) is 44.2 Å². The maximum Gasteiger partial charge on any atom is 0.126 e. The number of piperazine rings is 1. The molecule has 1 aliphatic rings. The van der Waals surface area contributed by atoms with Crippen LogP contribution in [0.5, 0.6) is 0 Å². The lowest BCUT2D eigenvalue weighted by Gasteiger charge is -2.34. The second kappa shape index (κ2) is 7.99. The molecule has 0 aliphatic carbocycles. The van der Waals surface area contributed by atoms with Crippen LogP contribution in [0.3, 0.4) is 0 Å². The fourth-order valence-corrected chi connectivity index (χ4v) is 2.84. The number of rotatable bonds is 6. The van der Waals surface area contributed by atoms with Gasteiger partial charge in [-0.2, -0.15) is 0 Å². The van der Waals surface area contributed by atoms with E-state index in [4.69, 9.17) is 16.3 Å². The zero-order valence-electron chi connectivity index (χ0n) is 12.9. The Kier molecular flexibility index (Phi) is 6.30. The largest absolute Gasteiger partial charge is 0.385 e. The second-order valence-electron chi connectivity index (χ2n) is 5.96. The molecule has 1 fully saturated rings. The molecule has 1 aromatic carbocycles. The van der Waals surface area contributed by atoms with Crippen molar-refractivity contribution >= 4 is 17.3 Å². The van der Waals surface area contributed by atoms with Crippen molar-refractivity contribution in [3.63, 3.8) is 0 Å². The lowest BCUT2D eigenvalue weighted by atomic mass is 10.2. The van der Waals surface area contributed by atoms with E-state index < -0.39 is 0 Å². The summed E-state index contributed by atoms with van der Waals surface area (Å²) in [5.74, 6) is 0. The molecule has 0 spiro atoms. The predicted molar refractivity (Wildman–Crippen MR) is 86.3 cm³/mol. The molecule has 0 radical (unpaired) electrons. The zero-order valence-corrected chi connectivity index (χ0v) is 13.6. The molecular formula is C16H26ClN2O2+. The molecule has 1 saturated heterocycles. The summed E-state index contributed by atoms with van der Waals surface area (Å²) in [6, 6.07) is 8.00. The minimum absolute atomic E-state index is 0.175. The molecule has 1 aromatic rings. The Bertz CT molecular complexity index is 434. The smallest absolute Gasteiger partial charge is 0.126 e. The van der Waals surface area contributed by atoms with Gasteiger partial charge in [0.15, 0.2) is 0 Å². The Hall–Kier alpha value is -0.810. The number of quaternary nitrogens is 1. The normalized spacial score (nSPS) is 18.2. The third-order valence-electron chi connectivity index (χ3n) is 3.79. The van der Waals surface area contributed by atoms with Crippen LogP contribution in [0.15, 0.2) is 24.3 Å². The highest BCUT2D eigenvalue weighted by molar-refractivity contribution is 6.30. The number of nitrogens with one attached hydrogen (secondary N) is 1. The summed E-state index contributed by atoms with van der Waals surface area (Å²) < 4.78 is 5.46. The summed E-state index contributed by atoms with van der Waals surface area (Å²) in [6.07, 6.45) is -0.200. The maximum absolute atomic E-state index is 9.99. The molecule has 1 heterocycles. The zero-order chi connectivity index (χ0) is 15.2. The minimum atomic E-state index is -0.375. The number of hydrogen-bond acceptors (Lipinski definition) is 3. The van der Waals surface area contributed by atoms with Crippen LogP contribution >= 0.6 is 11.6 Å². The summed E-state index contributed by atoms with van der Waals surface area (Å²) in [5, 5.41) is 10.8. The number of halogens is 1. The third-order valence-corrected chi connectivity index (χ3v) is 4.03. The van der Waals surface area contributed by atoms with E-state index in [-0.39, 0.29) is 12.2 Å². The van der Waals surface area contributed by atoms with Crippen molar-refractivity contribution in [1.82, 2.24) is 0 Å². The van der Waals surface area contributed by atoms with Crippen LogP contribution in [0.2, 0.25) is 5.02 Å². The van der Waals surface area contributed by atoms with Gasteiger partial charge in [-0.05, 0) is 32.0 Å². The van der Waals surface area contributed by atoms with Crippen LogP contribution in [0, 0.1) is 0 Å². The fourth-order valence-electron chi connectivity index (χ4n) is 2.65. The molecule has 1 atom stereocenters. The predicted octanol–water partition coefficient (Wildman–Crippen LogP) is 0.831. The average Bonchev–Trinajstić information content (AvgIpc) is 2.46. The third kappa shape index (κ3) is 5.47. The van der Waals surface area contributed by atoms with E-state index in [0.29, 0.717) is 6.61 Å². The number of aliphatic hydroxyl groups is 1. The van der Waals surface area contributed by atoms with Gasteiger partial charge in [-0.15, -0.1) is 0 Å². The van der Waals surface area contributed by atoms with E-state index in [1.54, 1.807) is 0 Å². The Balaban J connectivity index is 1.75. The fraction of sp³-hybridized carbons (Fsp3) is 0.625. The summed E-state index contributed by atoms with van der Waals surface area (Å²) in [7, 11) is 0. The number of aliphatic hydroxyl groups excluding tert-OH is 1. The van der Waals surface area contributed by atoms with Crippen LogP contribution in [0.25, 0.3) is 0 Å². The summed E-state index contributed by atoms with van der Waals surface area (Å²) >= 11 is 6.04. The van der Waals surface area contributed by atoms with Crippen molar-refractivity contribution in [2.24, 2.45) is 0 Å². The first-order valence-corrected chi connectivity index (χ1v) is 8.06. The highest BCUT2D eigenvalue weighted by Gasteiger charge is 2.22. The van der Waals surface area contributed by atoms with Crippen molar-refractivity contribution < 1.29 is 14.7 Å². The molecule has 1 aliphatic heterocycles. The van der Waals surface area contributed by atoms with E-state index in [1.807, 2.05) is 32.0 Å². The molecule has 0 aromatic heterocycles. The van der Waals surface area contributed by atoms with E-state index >= 15 is 0 Å². The van der Waals surface area contributed by atoms with Crippen molar-refractivity contribution in [2.45, 2.75) is 26.1 Å². The number of ether oxygens (including phenoxy) is 1. The van der Waals surface area contributed by atoms with Gasteiger partial charge in [-0.3, -0.25) is 0 Å². The highest BCUT2D eigenvalue weighted by Crippen LogP contribution is 2.19. The number of benzene rings is 1. The van der Waals surface area contributed by atoms with E-state index in [1.165, 1.54) is 10.6 Å². The van der Waals surface area contributed by atoms with Gasteiger partial charge >= 0.3 is 0 Å². The Labute approximate surface area is 132 Å². The van der Waals surface area contributed by atoms with Gasteiger partial charge in [0.2, 0.25) is 0 Å². The molecule has 4 nitrogen and oxygen atoms in total. The first-order chi connectivity index (χ1) is 10.0. The number of hydrogen-bond donors (Lipinski definition) is 2. The van der Waals surface area contributed by atoms with Gasteiger partial charge in [0.1, 0.15) is 12.6 Å². The second-order valence-corrected chi connectivity index (χ2v) is 6.39. The lowest BCUT2D eigenvalue weighted by Crippen LogP contribution is -3.16. The first-order valence-electron chi connectivity index (χ1n) is 7.68. The van der Waals surface area contributed by atoms with Crippen molar-refractivity contribution in [3.8, 4) is 0 Å². The molecule has 0 amide bonds. The molecule has 2 rings (SSSR count). The van der Waals surface area contributed by atoms with Gasteiger partial charge in [-0.1, -0.05) is 17.7 Å². The van der Waals surface area contributed by atoms with Crippen molar-refractivity contribution in [3.05, 3.63) is 29.3 Å². The van der Waals surface area contributed by atoms with Crippen LogP contribution in [-0.2, 0) is 4.74 Å². The highest BCUT2D eigenvalue weighted by atomic mass is 35.5. The van der Waals surface area contributed by atoms with Crippen LogP contribution < -0.4 is 9.80 Å². The number of anilines is 1. The minimum Gasteiger partial charge on any atom is -0.385 e. The van der Waals surface area contributed by atoms with E-state index in [2.05, 4.69) is 11.0 Å². The summed E-state index contributed by atoms with van der Waals surface area (Å²) in [5.41, 5.74) is 1.19. The van der Waals surface area contributed by atoms with Crippen LogP contribution in [-0.4, -0.2) is 56.6 Å². The maximum atomic E-state index is 9.99. The molecule has 0 saturated carbocycles. The molecule has 118 valence electrons. The molecular weight excluding hydrogens is 288 g/mol. The van der Waals surface area contributed by atoms with Gasteiger partial charge in [0.05, 0.1) is 38.9 Å². The van der Waals surface area contributed by atoms with Gasteiger partial charge in [0.25, 0.3) is 0 Å². The Morgan fingerprint density at radius 2 is 2.05 bits per heavy atom. The van der Waals surface area contributed by atoms with E-state index in [0.717, 1.165) is 37.7 Å². The average molecular weight is 314 g/mol. The summed E-state index contributed by atoms with van der Waals surface area (Å²) in [4.78, 5) is 3.79. The monoisotopic (exact) mass is 313 g/mol. The van der Waals surface area contributed by atoms with E-state index in [9.17, 15) is 5.11 Å². The SMILES string of the molecule is CC(C)OC[C@@H](O)C[NH+]1CCN(c2cccc(Cl)c2)CC1. The van der Waals surface area contributed by atoms with Gasteiger partial charge in [-0.25, -0.2) is 0 Å². The van der Waals surface area contributed by atoms with Crippen molar-refractivity contribution in [1.29, 1.82) is 0 Å². The molecule has 2 N–H and O–H groups in total. The number of nitrogens with zero attached hydrogens (tertiary/aromatic N) is 1. The first kappa shape index (κ1) is 16.6. The standard InChI is InChI=1S/C16H25ClN2O2/c1-13(2)21-12-16(20)11-18-6-8-19(9-7-18)15-5-3-4-14(17)10-15/h3-5,10,13,16,20H,6-9,11-12H2,1-2H3/p+1/t16-/m0/s1. The summed E-state index contributed by atoms with van der Waals surface area (Å²) in [6.45, 7) is 9.22.